The summed E-state index contributed by atoms with van der Waals surface area (Å²) in [5.74, 6) is 1.34. The van der Waals surface area contributed by atoms with Crippen LogP contribution in [0.1, 0.15) is 23.7 Å². The summed E-state index contributed by atoms with van der Waals surface area (Å²) in [6, 6.07) is 12.0. The summed E-state index contributed by atoms with van der Waals surface area (Å²) >= 11 is 2.65. The molecule has 3 rings (SSSR count). The van der Waals surface area contributed by atoms with Crippen LogP contribution in [0.15, 0.2) is 52.9 Å². The second-order valence-corrected chi connectivity index (χ2v) is 9.71. The summed E-state index contributed by atoms with van der Waals surface area (Å²) in [4.78, 5) is 27.9. The zero-order valence-electron chi connectivity index (χ0n) is 19.5. The molecule has 2 N–H and O–H groups in total. The van der Waals surface area contributed by atoms with Gasteiger partial charge in [0.2, 0.25) is 0 Å². The number of hydrogen-bond donors (Lipinski definition) is 2. The summed E-state index contributed by atoms with van der Waals surface area (Å²) in [5.41, 5.74) is 0.325. The molecule has 0 saturated heterocycles. The molecule has 11 heteroatoms. The van der Waals surface area contributed by atoms with Crippen molar-refractivity contribution in [1.29, 1.82) is 0 Å². The highest BCUT2D eigenvalue weighted by Gasteiger charge is 2.15. The molecule has 9 nitrogen and oxygen atoms in total. The van der Waals surface area contributed by atoms with Gasteiger partial charge in [0.15, 0.2) is 5.13 Å². The van der Waals surface area contributed by atoms with Crippen LogP contribution in [-0.2, 0) is 9.53 Å². The van der Waals surface area contributed by atoms with Gasteiger partial charge in [0.25, 0.3) is 5.91 Å². The lowest BCUT2D eigenvalue weighted by Crippen LogP contribution is -2.18. The molecule has 0 unspecified atom stereocenters. The fourth-order valence-electron chi connectivity index (χ4n) is 2.90. The number of hydrogen-bond acceptors (Lipinski definition) is 9. The molecule has 0 aliphatic carbocycles. The molecule has 1 aromatic heterocycles. The normalized spacial score (nSPS) is 11.5. The number of nitrogens with zero attached hydrogens (tertiary/aromatic N) is 1. The van der Waals surface area contributed by atoms with Crippen LogP contribution < -0.4 is 19.5 Å². The quantitative estimate of drug-likeness (QED) is 0.295. The van der Waals surface area contributed by atoms with E-state index in [4.69, 9.17) is 24.1 Å². The first-order valence-electron chi connectivity index (χ1n) is 10.6. The van der Waals surface area contributed by atoms with E-state index in [1.165, 1.54) is 23.1 Å². The fraction of sp³-hybridized carbons (Fsp3) is 0.292. The lowest BCUT2D eigenvalue weighted by atomic mass is 10.2. The number of anilines is 1. The molecule has 2 aromatic carbocycles. The van der Waals surface area contributed by atoms with Gasteiger partial charge in [0.1, 0.15) is 29.1 Å². The fourth-order valence-corrected chi connectivity index (χ4v) is 4.78. The van der Waals surface area contributed by atoms with E-state index in [1.54, 1.807) is 62.9 Å². The highest BCUT2D eigenvalue weighted by Crippen LogP contribution is 2.31. The van der Waals surface area contributed by atoms with Gasteiger partial charge in [0.05, 0.1) is 30.5 Å². The van der Waals surface area contributed by atoms with Crippen LogP contribution in [0.5, 0.6) is 23.0 Å². The van der Waals surface area contributed by atoms with E-state index >= 15 is 0 Å². The van der Waals surface area contributed by atoms with Gasteiger partial charge >= 0.3 is 5.97 Å². The maximum absolute atomic E-state index is 13.0. The van der Waals surface area contributed by atoms with Gasteiger partial charge < -0.3 is 24.1 Å². The van der Waals surface area contributed by atoms with E-state index in [0.717, 1.165) is 4.21 Å². The summed E-state index contributed by atoms with van der Waals surface area (Å²) in [7, 11) is 3.17. The minimum atomic E-state index is -0.856. The Morgan fingerprint density at radius 3 is 2.49 bits per heavy atom. The molecular weight excluding hydrogens is 492 g/mol. The van der Waals surface area contributed by atoms with Crippen molar-refractivity contribution in [3.63, 3.8) is 0 Å². The number of aromatic nitrogens is 1. The van der Waals surface area contributed by atoms with Crippen molar-refractivity contribution in [2.24, 2.45) is 0 Å². The zero-order chi connectivity index (χ0) is 25.2. The maximum Gasteiger partial charge on any atom is 0.304 e. The van der Waals surface area contributed by atoms with Crippen LogP contribution in [0.25, 0.3) is 0 Å². The van der Waals surface area contributed by atoms with Crippen LogP contribution in [-0.4, -0.2) is 54.7 Å². The molecule has 0 radical (unpaired) electrons. The standard InChI is InChI=1S/C24H26N2O7S2/c1-15(14-30-2)32-19-10-16(11-20(12-19)33-18-6-4-17(31-3)5-7-18)23(29)26-24-25-13-22(35-24)34-9-8-21(27)28/h4-7,10-13,15H,8-9,14H2,1-3H3,(H,27,28)(H,25,26,29)/t15-/m0/s1. The molecule has 35 heavy (non-hydrogen) atoms. The van der Waals surface area contributed by atoms with Crippen molar-refractivity contribution in [3.05, 3.63) is 54.2 Å². The highest BCUT2D eigenvalue weighted by atomic mass is 32.2. The molecule has 0 fully saturated rings. The van der Waals surface area contributed by atoms with Crippen molar-refractivity contribution in [1.82, 2.24) is 4.98 Å². The molecule has 1 amide bonds. The van der Waals surface area contributed by atoms with E-state index in [0.29, 0.717) is 46.1 Å². The van der Waals surface area contributed by atoms with Crippen molar-refractivity contribution >= 4 is 40.1 Å². The zero-order valence-corrected chi connectivity index (χ0v) is 21.1. The predicted molar refractivity (Wildman–Crippen MR) is 135 cm³/mol. The van der Waals surface area contributed by atoms with E-state index in [1.807, 2.05) is 6.92 Å². The van der Waals surface area contributed by atoms with Gasteiger partial charge in [-0.15, -0.1) is 11.8 Å². The van der Waals surface area contributed by atoms with E-state index < -0.39 is 5.97 Å². The van der Waals surface area contributed by atoms with Gasteiger partial charge in [-0.25, -0.2) is 4.98 Å². The highest BCUT2D eigenvalue weighted by molar-refractivity contribution is 8.01. The molecule has 0 aliphatic heterocycles. The van der Waals surface area contributed by atoms with Crippen molar-refractivity contribution < 1.29 is 33.6 Å². The molecule has 0 saturated carbocycles. The number of carboxylic acids is 1. The Hall–Kier alpha value is -3.28. The van der Waals surface area contributed by atoms with Gasteiger partial charge in [-0.3, -0.25) is 14.9 Å². The number of methoxy groups -OCH3 is 2. The minimum Gasteiger partial charge on any atom is -0.497 e. The monoisotopic (exact) mass is 518 g/mol. The second-order valence-electron chi connectivity index (χ2n) is 7.29. The number of benzene rings is 2. The van der Waals surface area contributed by atoms with Crippen LogP contribution >= 0.6 is 23.1 Å². The first-order chi connectivity index (χ1) is 16.9. The van der Waals surface area contributed by atoms with Gasteiger partial charge in [0, 0.05) is 24.5 Å². The molecule has 0 aliphatic rings. The number of ether oxygens (including phenoxy) is 4. The summed E-state index contributed by atoms with van der Waals surface area (Å²) in [6.07, 6.45) is 1.42. The van der Waals surface area contributed by atoms with Gasteiger partial charge in [-0.1, -0.05) is 11.3 Å². The van der Waals surface area contributed by atoms with Crippen molar-refractivity contribution in [3.8, 4) is 23.0 Å². The number of amides is 1. The average Bonchev–Trinajstić information content (AvgIpc) is 3.26. The Kier molecular flexibility index (Phi) is 9.76. The topological polar surface area (TPSA) is 116 Å². The summed E-state index contributed by atoms with van der Waals surface area (Å²) in [6.45, 7) is 2.24. The number of thioether (sulfide) groups is 1. The number of aliphatic carboxylic acids is 1. The number of carboxylic acid groups (broad SMARTS) is 1. The number of carbonyl (C=O) groups excluding carboxylic acids is 1. The molecule has 0 bridgehead atoms. The van der Waals surface area contributed by atoms with Crippen LogP contribution in [0.2, 0.25) is 0 Å². The third-order valence-electron chi connectivity index (χ3n) is 4.44. The molecule has 1 atom stereocenters. The molecule has 1 heterocycles. The van der Waals surface area contributed by atoms with Crippen LogP contribution in [0.3, 0.4) is 0 Å². The Morgan fingerprint density at radius 1 is 1.09 bits per heavy atom. The van der Waals surface area contributed by atoms with Gasteiger partial charge in [-0.05, 0) is 43.3 Å². The Morgan fingerprint density at radius 2 is 1.80 bits per heavy atom. The first-order valence-corrected chi connectivity index (χ1v) is 12.4. The SMILES string of the molecule is COC[C@H](C)Oc1cc(Oc2ccc(OC)cc2)cc(C(=O)Nc2ncc(SCCC(=O)O)s2)c1. The third-order valence-corrected chi connectivity index (χ3v) is 6.55. The van der Waals surface area contributed by atoms with Crippen LogP contribution in [0.4, 0.5) is 5.13 Å². The Labute approximate surface area is 211 Å². The number of nitrogens with one attached hydrogen (secondary N) is 1. The largest absolute Gasteiger partial charge is 0.497 e. The lowest BCUT2D eigenvalue weighted by molar-refractivity contribution is -0.136. The molecular formula is C24H26N2O7S2. The predicted octanol–water partition coefficient (Wildman–Crippen LogP) is 5.18. The van der Waals surface area contributed by atoms with E-state index in [2.05, 4.69) is 10.3 Å². The lowest BCUT2D eigenvalue weighted by Gasteiger charge is -2.16. The van der Waals surface area contributed by atoms with Crippen LogP contribution in [0, 0.1) is 0 Å². The number of rotatable bonds is 13. The smallest absolute Gasteiger partial charge is 0.304 e. The van der Waals surface area contributed by atoms with E-state index in [-0.39, 0.29) is 18.4 Å². The maximum atomic E-state index is 13.0. The number of thiazole rings is 1. The Balaban J connectivity index is 1.76. The number of carbonyl (C=O) groups is 2. The molecule has 186 valence electrons. The van der Waals surface area contributed by atoms with Crippen molar-refractivity contribution in [2.45, 2.75) is 23.7 Å². The van der Waals surface area contributed by atoms with E-state index in [9.17, 15) is 9.59 Å². The summed E-state index contributed by atoms with van der Waals surface area (Å²) < 4.78 is 23.0. The molecule has 0 spiro atoms. The second kappa shape index (κ2) is 13.0. The summed E-state index contributed by atoms with van der Waals surface area (Å²) in [5, 5.41) is 12.0. The Bertz CT molecular complexity index is 1140. The third kappa shape index (κ3) is 8.46. The average molecular weight is 519 g/mol. The van der Waals surface area contributed by atoms with Crippen molar-refractivity contribution in [2.75, 3.05) is 31.9 Å². The minimum absolute atomic E-state index is 0.0511. The first kappa shape index (κ1) is 26.3. The molecule has 3 aromatic rings. The van der Waals surface area contributed by atoms with Gasteiger partial charge in [-0.2, -0.15) is 0 Å².